The van der Waals surface area contributed by atoms with Crippen LogP contribution in [0.5, 0.6) is 5.75 Å². The van der Waals surface area contributed by atoms with Crippen LogP contribution in [0.3, 0.4) is 0 Å². The fraction of sp³-hybridized carbons (Fsp3) is 0.565. The summed E-state index contributed by atoms with van der Waals surface area (Å²) < 4.78 is 6.05. The molecule has 0 aliphatic heterocycles. The van der Waals surface area contributed by atoms with E-state index >= 15 is 0 Å². The summed E-state index contributed by atoms with van der Waals surface area (Å²) in [4.78, 5) is 9.29. The zero-order valence-electron chi connectivity index (χ0n) is 16.7. The summed E-state index contributed by atoms with van der Waals surface area (Å²) in [5, 5.41) is 0. The first-order valence-corrected chi connectivity index (χ1v) is 10.3. The molecule has 0 amide bonds. The van der Waals surface area contributed by atoms with E-state index in [1.54, 1.807) is 0 Å². The fourth-order valence-corrected chi connectivity index (χ4v) is 2.93. The molecule has 0 N–H and O–H groups in total. The lowest BCUT2D eigenvalue weighted by Gasteiger charge is -2.13. The van der Waals surface area contributed by atoms with Gasteiger partial charge in [0.25, 0.3) is 0 Å². The van der Waals surface area contributed by atoms with Crippen LogP contribution in [-0.4, -0.2) is 16.6 Å². The van der Waals surface area contributed by atoms with Gasteiger partial charge in [-0.2, -0.15) is 0 Å². The quantitative estimate of drug-likeness (QED) is 0.410. The maximum Gasteiger partial charge on any atom is 0.163 e. The van der Waals surface area contributed by atoms with E-state index in [-0.39, 0.29) is 0 Å². The summed E-state index contributed by atoms with van der Waals surface area (Å²) >= 11 is 0. The molecular weight excluding hydrogens is 320 g/mol. The zero-order valence-corrected chi connectivity index (χ0v) is 16.7. The Bertz CT molecular complexity index is 642. The number of para-hydroxylation sites is 1. The lowest BCUT2D eigenvalue weighted by Crippen LogP contribution is -2.04. The van der Waals surface area contributed by atoms with Gasteiger partial charge in [0, 0.05) is 11.9 Å². The monoisotopic (exact) mass is 354 g/mol. The molecule has 0 saturated carbocycles. The molecule has 0 fully saturated rings. The largest absolute Gasteiger partial charge is 0.493 e. The molecule has 2 rings (SSSR count). The maximum atomic E-state index is 6.05. The molecule has 3 heteroatoms. The second-order valence-electron chi connectivity index (χ2n) is 7.18. The van der Waals surface area contributed by atoms with E-state index < -0.39 is 0 Å². The predicted octanol–water partition coefficient (Wildman–Crippen LogP) is 6.47. The highest BCUT2D eigenvalue weighted by Crippen LogP contribution is 2.27. The number of aromatic nitrogens is 2. The molecule has 1 heterocycles. The smallest absolute Gasteiger partial charge is 0.163 e. The molecule has 1 aromatic heterocycles. The summed E-state index contributed by atoms with van der Waals surface area (Å²) in [5.41, 5.74) is 2.12. The van der Waals surface area contributed by atoms with Crippen molar-refractivity contribution in [1.82, 2.24) is 9.97 Å². The van der Waals surface area contributed by atoms with Crippen LogP contribution in [0.2, 0.25) is 0 Å². The molecular formula is C23H34N2O. The van der Waals surface area contributed by atoms with Crippen LogP contribution in [0, 0.1) is 5.92 Å². The van der Waals surface area contributed by atoms with Crippen molar-refractivity contribution in [2.45, 2.75) is 72.1 Å². The highest BCUT2D eigenvalue weighted by atomic mass is 16.5. The van der Waals surface area contributed by atoms with Gasteiger partial charge in [0.2, 0.25) is 0 Å². The van der Waals surface area contributed by atoms with Crippen LogP contribution in [0.25, 0.3) is 11.4 Å². The van der Waals surface area contributed by atoms with Gasteiger partial charge < -0.3 is 4.74 Å². The topological polar surface area (TPSA) is 35.0 Å². The third-order valence-corrected chi connectivity index (χ3v) is 4.94. The van der Waals surface area contributed by atoms with Gasteiger partial charge in [-0.05, 0) is 43.4 Å². The number of benzene rings is 1. The number of nitrogens with zero attached hydrogens (tertiary/aromatic N) is 2. The normalized spacial score (nSPS) is 12.1. The molecule has 0 saturated heterocycles. The molecule has 0 bridgehead atoms. The van der Waals surface area contributed by atoms with Gasteiger partial charge in [0.15, 0.2) is 5.82 Å². The molecule has 142 valence electrons. The van der Waals surface area contributed by atoms with Gasteiger partial charge in [-0.1, -0.05) is 65.0 Å². The van der Waals surface area contributed by atoms with Gasteiger partial charge in [0.1, 0.15) is 5.75 Å². The van der Waals surface area contributed by atoms with Crippen molar-refractivity contribution in [3.05, 3.63) is 42.2 Å². The Morgan fingerprint density at radius 3 is 2.62 bits per heavy atom. The molecule has 2 aromatic rings. The zero-order chi connectivity index (χ0) is 18.6. The summed E-state index contributed by atoms with van der Waals surface area (Å²) in [7, 11) is 0. The number of hydrogen-bond acceptors (Lipinski definition) is 3. The second kappa shape index (κ2) is 11.7. The Morgan fingerprint density at radius 2 is 1.81 bits per heavy atom. The summed E-state index contributed by atoms with van der Waals surface area (Å²) in [5.74, 6) is 2.35. The van der Waals surface area contributed by atoms with Crippen molar-refractivity contribution in [3.63, 3.8) is 0 Å². The van der Waals surface area contributed by atoms with Crippen LogP contribution < -0.4 is 4.74 Å². The van der Waals surface area contributed by atoms with Crippen LogP contribution >= 0.6 is 0 Å². The summed E-state index contributed by atoms with van der Waals surface area (Å²) in [6.45, 7) is 7.48. The highest BCUT2D eigenvalue weighted by molar-refractivity contribution is 5.63. The molecule has 1 unspecified atom stereocenters. The van der Waals surface area contributed by atoms with Crippen molar-refractivity contribution >= 4 is 0 Å². The van der Waals surface area contributed by atoms with E-state index in [1.807, 2.05) is 30.5 Å². The Morgan fingerprint density at radius 1 is 1.00 bits per heavy atom. The van der Waals surface area contributed by atoms with Crippen LogP contribution in [0.15, 0.2) is 36.5 Å². The van der Waals surface area contributed by atoms with Gasteiger partial charge >= 0.3 is 0 Å². The lowest BCUT2D eigenvalue weighted by molar-refractivity contribution is 0.282. The summed E-state index contributed by atoms with van der Waals surface area (Å²) in [6.07, 6.45) is 11.6. The second-order valence-corrected chi connectivity index (χ2v) is 7.18. The van der Waals surface area contributed by atoms with Crippen molar-refractivity contribution in [3.8, 4) is 17.1 Å². The van der Waals surface area contributed by atoms with Gasteiger partial charge in [-0.3, -0.25) is 0 Å². The number of unbranched alkanes of at least 4 members (excludes halogenated alkanes) is 4. The van der Waals surface area contributed by atoms with E-state index in [4.69, 9.17) is 9.72 Å². The minimum absolute atomic E-state index is 0.689. The van der Waals surface area contributed by atoms with E-state index in [2.05, 4.69) is 31.8 Å². The molecule has 1 atom stereocenters. The van der Waals surface area contributed by atoms with Crippen LogP contribution in [0.1, 0.15) is 71.4 Å². The van der Waals surface area contributed by atoms with Crippen molar-refractivity contribution in [1.29, 1.82) is 0 Å². The van der Waals surface area contributed by atoms with Gasteiger partial charge in [0.05, 0.1) is 12.2 Å². The molecule has 0 aliphatic rings. The van der Waals surface area contributed by atoms with E-state index in [0.717, 1.165) is 42.3 Å². The average Bonchev–Trinajstić information content (AvgIpc) is 2.68. The molecule has 3 nitrogen and oxygen atoms in total. The van der Waals surface area contributed by atoms with E-state index in [0.29, 0.717) is 5.92 Å². The molecule has 0 spiro atoms. The first-order chi connectivity index (χ1) is 12.7. The first kappa shape index (κ1) is 20.4. The predicted molar refractivity (Wildman–Crippen MR) is 109 cm³/mol. The fourth-order valence-electron chi connectivity index (χ4n) is 2.93. The molecule has 1 aromatic carbocycles. The number of ether oxygens (including phenoxy) is 1. The minimum Gasteiger partial charge on any atom is -0.493 e. The van der Waals surface area contributed by atoms with Gasteiger partial charge in [-0.25, -0.2) is 9.97 Å². The van der Waals surface area contributed by atoms with E-state index in [1.165, 1.54) is 38.5 Å². The Hall–Kier alpha value is -1.90. The average molecular weight is 355 g/mol. The van der Waals surface area contributed by atoms with Crippen molar-refractivity contribution in [2.24, 2.45) is 5.92 Å². The SMILES string of the molecule is CCCCCCCc1ccnc(-c2ccccc2OCCC(C)CC)n1. The Balaban J connectivity index is 2.00. The lowest BCUT2D eigenvalue weighted by atomic mass is 10.1. The van der Waals surface area contributed by atoms with Crippen LogP contribution in [-0.2, 0) is 6.42 Å². The van der Waals surface area contributed by atoms with Crippen LogP contribution in [0.4, 0.5) is 0 Å². The third-order valence-electron chi connectivity index (χ3n) is 4.94. The maximum absolute atomic E-state index is 6.05. The molecule has 0 aliphatic carbocycles. The minimum atomic E-state index is 0.689. The molecule has 26 heavy (non-hydrogen) atoms. The number of rotatable bonds is 12. The number of hydrogen-bond donors (Lipinski definition) is 0. The van der Waals surface area contributed by atoms with E-state index in [9.17, 15) is 0 Å². The standard InChI is InChI=1S/C23H34N2O/c1-4-6-7-8-9-12-20-15-17-24-23(25-20)21-13-10-11-14-22(21)26-18-16-19(3)5-2/h10-11,13-15,17,19H,4-9,12,16,18H2,1-3H3. The molecule has 0 radical (unpaired) electrons. The summed E-state index contributed by atoms with van der Waals surface area (Å²) in [6, 6.07) is 10.2. The Kier molecular flexibility index (Phi) is 9.16. The van der Waals surface area contributed by atoms with Crippen molar-refractivity contribution in [2.75, 3.05) is 6.61 Å². The number of aryl methyl sites for hydroxylation is 1. The first-order valence-electron chi connectivity index (χ1n) is 10.3. The van der Waals surface area contributed by atoms with Crippen molar-refractivity contribution < 1.29 is 4.74 Å². The third kappa shape index (κ3) is 6.78. The Labute approximate surface area is 159 Å². The van der Waals surface area contributed by atoms with Gasteiger partial charge in [-0.15, -0.1) is 0 Å². The highest BCUT2D eigenvalue weighted by Gasteiger charge is 2.10.